The average Bonchev–Trinajstić information content (AvgIpc) is 3.91. The van der Waals surface area contributed by atoms with Gasteiger partial charge in [-0.3, -0.25) is 4.79 Å². The van der Waals surface area contributed by atoms with Gasteiger partial charge in [-0.1, -0.05) is 65.7 Å². The Hall–Kier alpha value is -5.43. The van der Waals surface area contributed by atoms with Gasteiger partial charge in [0.15, 0.2) is 0 Å². The van der Waals surface area contributed by atoms with Gasteiger partial charge in [0.1, 0.15) is 4.75 Å². The van der Waals surface area contributed by atoms with Crippen molar-refractivity contribution in [1.82, 2.24) is 19.7 Å². The zero-order valence-corrected chi connectivity index (χ0v) is 47.4. The molecule has 418 valence electrons. The summed E-state index contributed by atoms with van der Waals surface area (Å²) in [5.74, 6) is 0.481. The monoisotopic (exact) mass is 1130 g/mol. The first-order chi connectivity index (χ1) is 37.2. The molecule has 1 amide bonds. The average molecular weight is 1130 g/mol. The molecule has 0 radical (unpaired) electrons. The first kappa shape index (κ1) is 57.3. The topological polar surface area (TPSA) is 134 Å². The van der Waals surface area contributed by atoms with Crippen LogP contribution in [0.3, 0.4) is 0 Å². The van der Waals surface area contributed by atoms with Gasteiger partial charge in [-0.15, -0.1) is 11.8 Å². The molecule has 3 fully saturated rings. The van der Waals surface area contributed by atoms with Gasteiger partial charge in [0.25, 0.3) is 15.7 Å². The van der Waals surface area contributed by atoms with Gasteiger partial charge >= 0.3 is 5.51 Å². The molecular formula is C60H73ClF3N7O5S2. The number of aliphatic hydroxyl groups is 2. The molecule has 9 rings (SSSR count). The molecule has 0 saturated carbocycles. The van der Waals surface area contributed by atoms with E-state index in [0.29, 0.717) is 99.7 Å². The van der Waals surface area contributed by atoms with Gasteiger partial charge in [0, 0.05) is 128 Å². The Morgan fingerprint density at radius 2 is 1.49 bits per heavy atom. The highest BCUT2D eigenvalue weighted by Crippen LogP contribution is 2.45. The van der Waals surface area contributed by atoms with Gasteiger partial charge in [-0.2, -0.15) is 13.2 Å². The van der Waals surface area contributed by atoms with E-state index in [2.05, 4.69) is 66.3 Å². The number of anilines is 3. The molecule has 1 aromatic heterocycles. The Balaban J connectivity index is 0.842. The number of hydrogen-bond acceptors (Lipinski definition) is 11. The van der Waals surface area contributed by atoms with Crippen molar-refractivity contribution in [2.24, 2.45) is 7.05 Å². The van der Waals surface area contributed by atoms with Gasteiger partial charge < -0.3 is 45.0 Å². The third kappa shape index (κ3) is 12.9. The number of likely N-dealkylation sites (tertiary alicyclic amines) is 2. The molecule has 4 aromatic carbocycles. The normalized spacial score (nSPS) is 20.1. The van der Waals surface area contributed by atoms with Gasteiger partial charge in [-0.25, -0.2) is 8.42 Å². The lowest BCUT2D eigenvalue weighted by Gasteiger charge is -2.39. The number of halogens is 4. The lowest BCUT2D eigenvalue weighted by Crippen LogP contribution is -2.52. The van der Waals surface area contributed by atoms with Crippen LogP contribution in [0.1, 0.15) is 74.8 Å². The van der Waals surface area contributed by atoms with Crippen molar-refractivity contribution < 1.29 is 36.6 Å². The van der Waals surface area contributed by atoms with Crippen molar-refractivity contribution in [3.63, 3.8) is 0 Å². The molecule has 5 aromatic rings. The third-order valence-electron chi connectivity index (χ3n) is 16.4. The van der Waals surface area contributed by atoms with Crippen molar-refractivity contribution in [2.45, 2.75) is 98.6 Å². The van der Waals surface area contributed by atoms with Gasteiger partial charge in [0.2, 0.25) is 0 Å². The molecule has 18 heteroatoms. The van der Waals surface area contributed by atoms with Crippen LogP contribution in [0.5, 0.6) is 0 Å². The number of hydrogen-bond donors (Lipinski definition) is 4. The van der Waals surface area contributed by atoms with Crippen LogP contribution in [-0.4, -0.2) is 138 Å². The van der Waals surface area contributed by atoms with Crippen molar-refractivity contribution in [3.05, 3.63) is 143 Å². The second kappa shape index (κ2) is 24.1. The van der Waals surface area contributed by atoms with Crippen molar-refractivity contribution in [1.29, 1.82) is 0 Å². The first-order valence-corrected chi connectivity index (χ1v) is 30.0. The summed E-state index contributed by atoms with van der Waals surface area (Å²) in [6.45, 7) is 11.6. The van der Waals surface area contributed by atoms with Crippen molar-refractivity contribution in [2.75, 3.05) is 86.3 Å². The largest absolute Gasteiger partial charge is 0.498 e. The maximum Gasteiger partial charge on any atom is 0.498 e. The highest BCUT2D eigenvalue weighted by atomic mass is 35.5. The Labute approximate surface area is 467 Å². The van der Waals surface area contributed by atoms with Crippen LogP contribution in [0, 0.1) is 6.92 Å². The number of nitrogens with zero attached hydrogens (tertiary/aromatic N) is 5. The van der Waals surface area contributed by atoms with Crippen LogP contribution >= 0.6 is 23.4 Å². The Kier molecular flexibility index (Phi) is 17.7. The minimum absolute atomic E-state index is 0.0344. The fourth-order valence-electron chi connectivity index (χ4n) is 11.3. The van der Waals surface area contributed by atoms with E-state index in [0.717, 1.165) is 76.2 Å². The summed E-state index contributed by atoms with van der Waals surface area (Å²) in [5, 5.41) is 28.1. The molecule has 78 heavy (non-hydrogen) atoms. The van der Waals surface area contributed by atoms with Crippen LogP contribution in [-0.2, 0) is 16.9 Å². The molecule has 4 N–H and O–H groups in total. The number of piperazine rings is 1. The number of benzene rings is 4. The molecule has 0 bridgehead atoms. The Morgan fingerprint density at radius 3 is 2.14 bits per heavy atom. The number of piperidine rings is 2. The predicted molar refractivity (Wildman–Crippen MR) is 310 cm³/mol. The number of allylic oxidation sites excluding steroid dienone is 2. The SMILES string of the molecule is Cc1c(C(=O)N2CCC(O)CC2)c(-c2cccc(N3CCN(c4ccc(NCCC5=CC=C(N[C@H](CCN6CCC(C)(O)CC6)CSc6ccccc6)C(C)(S(=O)(=O)C(F)(F)F)C5)cc4)CC3)c2)c(-c2ccc(Cl)cc2)n1C. The number of rotatable bonds is 18. The van der Waals surface area contributed by atoms with E-state index >= 15 is 0 Å². The number of aliphatic hydroxyl groups excluding tert-OH is 1. The molecule has 3 saturated heterocycles. The highest BCUT2D eigenvalue weighted by Gasteiger charge is 2.59. The number of sulfone groups is 1. The number of aromatic nitrogens is 1. The smallest absolute Gasteiger partial charge is 0.393 e. The first-order valence-electron chi connectivity index (χ1n) is 27.2. The zero-order valence-electron chi connectivity index (χ0n) is 45.0. The van der Waals surface area contributed by atoms with E-state index < -0.39 is 31.8 Å². The minimum Gasteiger partial charge on any atom is -0.393 e. The van der Waals surface area contributed by atoms with Crippen LogP contribution in [0.25, 0.3) is 22.4 Å². The minimum atomic E-state index is -5.66. The number of thioether (sulfide) groups is 1. The fraction of sp³-hybridized carbons (Fsp3) is 0.450. The summed E-state index contributed by atoms with van der Waals surface area (Å²) in [7, 11) is -3.66. The van der Waals surface area contributed by atoms with Gasteiger partial charge in [-0.05, 0) is 144 Å². The van der Waals surface area contributed by atoms with Crippen LogP contribution in [0.4, 0.5) is 30.2 Å². The lowest BCUT2D eigenvalue weighted by atomic mass is 9.89. The summed E-state index contributed by atoms with van der Waals surface area (Å²) in [4.78, 5) is 24.3. The van der Waals surface area contributed by atoms with Crippen LogP contribution in [0.15, 0.2) is 131 Å². The number of carbonyl (C=O) groups is 1. The molecule has 3 aliphatic heterocycles. The summed E-state index contributed by atoms with van der Waals surface area (Å²) in [6, 6.07) is 33.7. The van der Waals surface area contributed by atoms with E-state index in [1.165, 1.54) is 13.0 Å². The molecule has 1 unspecified atom stereocenters. The van der Waals surface area contributed by atoms with Crippen LogP contribution < -0.4 is 20.4 Å². The predicted octanol–water partition coefficient (Wildman–Crippen LogP) is 10.9. The maximum atomic E-state index is 14.6. The Bertz CT molecular complexity index is 3050. The lowest BCUT2D eigenvalue weighted by molar-refractivity contribution is -0.0454. The van der Waals surface area contributed by atoms with E-state index in [1.807, 2.05) is 92.5 Å². The van der Waals surface area contributed by atoms with Gasteiger partial charge in [0.05, 0.1) is 23.0 Å². The van der Waals surface area contributed by atoms with E-state index in [1.54, 1.807) is 17.8 Å². The van der Waals surface area contributed by atoms with Crippen molar-refractivity contribution in [3.8, 4) is 22.4 Å². The van der Waals surface area contributed by atoms with E-state index in [-0.39, 0.29) is 24.1 Å². The standard InChI is InChI=1S/C60H73ClF3N7O5S2/c1-42-54(57(73)71-31-25-51(72)26-32-71)55(56(67(42)4)44-14-16-46(61)17-15-44)45-9-8-10-50(39-45)70-37-35-69(36-38-70)49-20-18-47(19-21-49)65-29-23-43-13-22-53(59(3,40-43)78(75,76)60(62,63)64)66-48(41-77-52-11-6-5-7-12-52)24-30-68-33-27-58(2,74)28-34-68/h5-22,39,48,51,65-66,72,74H,23-38,40-41H2,1-4H3/t48-,59?/m1/s1. The summed E-state index contributed by atoms with van der Waals surface area (Å²) >= 11 is 7.91. The second-order valence-corrected chi connectivity index (χ2v) is 25.8. The highest BCUT2D eigenvalue weighted by molar-refractivity contribution is 7.99. The second-order valence-electron chi connectivity index (χ2n) is 21.9. The number of alkyl halides is 3. The zero-order chi connectivity index (χ0) is 55.4. The molecule has 4 aliphatic rings. The quantitative estimate of drug-likeness (QED) is 0.0625. The fourth-order valence-corrected chi connectivity index (χ4v) is 13.7. The summed E-state index contributed by atoms with van der Waals surface area (Å²) < 4.78 is 70.7. The summed E-state index contributed by atoms with van der Waals surface area (Å²) in [5.41, 5.74) is 2.69. The maximum absolute atomic E-state index is 14.6. The molecular weight excluding hydrogens is 1060 g/mol. The molecule has 0 spiro atoms. The Morgan fingerprint density at radius 1 is 0.833 bits per heavy atom. The van der Waals surface area contributed by atoms with E-state index in [4.69, 9.17) is 11.6 Å². The van der Waals surface area contributed by atoms with E-state index in [9.17, 15) is 36.6 Å². The molecule has 12 nitrogen and oxygen atoms in total. The van der Waals surface area contributed by atoms with Crippen LogP contribution in [0.2, 0.25) is 5.02 Å². The number of amides is 1. The summed E-state index contributed by atoms with van der Waals surface area (Å²) in [6.07, 6.45) is 5.90. The number of nitrogens with one attached hydrogen (secondary N) is 2. The molecule has 1 aliphatic carbocycles. The third-order valence-corrected chi connectivity index (χ3v) is 19.9. The van der Waals surface area contributed by atoms with Crippen molar-refractivity contribution >= 4 is 56.2 Å². The number of carbonyl (C=O) groups excluding carboxylic acids is 1. The molecule has 4 heterocycles. The molecule has 2 atom stereocenters.